The SMILES string of the molecule is CCOC(=O)C1=C(C)N=C2SC=C(CC(=O)NC3CC3)N2[C@H]1c1ccc(OCc2ccccc2)c(OC)c1. The van der Waals surface area contributed by atoms with Gasteiger partial charge in [0, 0.05) is 11.7 Å². The summed E-state index contributed by atoms with van der Waals surface area (Å²) in [6.45, 7) is 4.24. The van der Waals surface area contributed by atoms with Crippen molar-refractivity contribution in [3.05, 3.63) is 82.0 Å². The minimum absolute atomic E-state index is 0.0365. The average Bonchev–Trinajstić information content (AvgIpc) is 3.65. The number of carbonyl (C=O) groups is 2. The first-order valence-electron chi connectivity index (χ1n) is 12.7. The standard InChI is InChI=1S/C29H31N3O5S/c1-4-36-28(34)26-18(2)30-29-32(22(17-38-29)15-25(33)31-21-11-12-21)27(26)20-10-13-23(24(14-20)35-3)37-16-19-8-6-5-7-9-19/h5-10,13-14,17,21,27H,4,11-12,15-16H2,1-3H3,(H,31,33)/t27-/m0/s1. The zero-order valence-electron chi connectivity index (χ0n) is 21.7. The van der Waals surface area contributed by atoms with Crippen LogP contribution in [0.2, 0.25) is 0 Å². The van der Waals surface area contributed by atoms with Crippen LogP contribution in [0.5, 0.6) is 11.5 Å². The van der Waals surface area contributed by atoms with E-state index in [9.17, 15) is 9.59 Å². The molecular formula is C29H31N3O5S. The summed E-state index contributed by atoms with van der Waals surface area (Å²) in [7, 11) is 1.59. The molecule has 0 radical (unpaired) electrons. The lowest BCUT2D eigenvalue weighted by molar-refractivity contribution is -0.139. The number of aliphatic imine (C=N–C) groups is 1. The molecule has 1 aliphatic carbocycles. The molecule has 2 aliphatic heterocycles. The number of fused-ring (bicyclic) bond motifs is 1. The molecule has 1 amide bonds. The van der Waals surface area contributed by atoms with Crippen LogP contribution in [-0.2, 0) is 20.9 Å². The second-order valence-electron chi connectivity index (χ2n) is 9.32. The molecule has 1 atom stereocenters. The predicted octanol–water partition coefficient (Wildman–Crippen LogP) is 5.08. The van der Waals surface area contributed by atoms with Gasteiger partial charge in [-0.1, -0.05) is 48.2 Å². The normalized spacial score (nSPS) is 18.4. The lowest BCUT2D eigenvalue weighted by atomic mass is 9.93. The molecular weight excluding hydrogens is 502 g/mol. The van der Waals surface area contributed by atoms with E-state index in [1.165, 1.54) is 11.8 Å². The fraction of sp³-hybridized carbons (Fsp3) is 0.345. The minimum atomic E-state index is -0.534. The van der Waals surface area contributed by atoms with Crippen LogP contribution in [-0.4, -0.2) is 41.7 Å². The fourth-order valence-electron chi connectivity index (χ4n) is 4.53. The zero-order chi connectivity index (χ0) is 26.6. The maximum absolute atomic E-state index is 13.2. The predicted molar refractivity (Wildman–Crippen MR) is 147 cm³/mol. The number of rotatable bonds is 10. The molecule has 3 aliphatic rings. The maximum atomic E-state index is 13.2. The molecule has 2 heterocycles. The maximum Gasteiger partial charge on any atom is 0.338 e. The van der Waals surface area contributed by atoms with Crippen molar-refractivity contribution in [3.63, 3.8) is 0 Å². The average molecular weight is 534 g/mol. The molecule has 2 aromatic rings. The van der Waals surface area contributed by atoms with Gasteiger partial charge < -0.3 is 24.4 Å². The summed E-state index contributed by atoms with van der Waals surface area (Å²) < 4.78 is 17.2. The third-order valence-corrected chi connectivity index (χ3v) is 7.41. The van der Waals surface area contributed by atoms with Crippen LogP contribution in [0, 0.1) is 0 Å². The Bertz CT molecular complexity index is 1320. The van der Waals surface area contributed by atoms with Gasteiger partial charge in [-0.15, -0.1) is 0 Å². The van der Waals surface area contributed by atoms with Crippen LogP contribution < -0.4 is 14.8 Å². The van der Waals surface area contributed by atoms with Gasteiger partial charge >= 0.3 is 5.97 Å². The summed E-state index contributed by atoms with van der Waals surface area (Å²) in [6, 6.07) is 15.3. The Morgan fingerprint density at radius 1 is 1.13 bits per heavy atom. The van der Waals surface area contributed by atoms with Gasteiger partial charge in [0.05, 0.1) is 37.4 Å². The number of esters is 1. The molecule has 5 rings (SSSR count). The molecule has 1 N–H and O–H groups in total. The van der Waals surface area contributed by atoms with E-state index in [4.69, 9.17) is 19.2 Å². The van der Waals surface area contributed by atoms with Crippen molar-refractivity contribution in [1.82, 2.24) is 10.2 Å². The lowest BCUT2D eigenvalue weighted by Crippen LogP contribution is -2.38. The first-order chi connectivity index (χ1) is 18.5. The van der Waals surface area contributed by atoms with Crippen molar-refractivity contribution in [3.8, 4) is 11.5 Å². The highest BCUT2D eigenvalue weighted by molar-refractivity contribution is 8.16. The molecule has 0 aromatic heterocycles. The van der Waals surface area contributed by atoms with E-state index in [-0.39, 0.29) is 25.0 Å². The summed E-state index contributed by atoms with van der Waals surface area (Å²) in [4.78, 5) is 32.6. The van der Waals surface area contributed by atoms with Gasteiger partial charge in [-0.2, -0.15) is 0 Å². The van der Waals surface area contributed by atoms with Crippen LogP contribution in [0.15, 0.2) is 75.9 Å². The van der Waals surface area contributed by atoms with Crippen molar-refractivity contribution in [2.45, 2.75) is 51.8 Å². The minimum Gasteiger partial charge on any atom is -0.493 e. The number of benzene rings is 2. The van der Waals surface area contributed by atoms with Crippen molar-refractivity contribution in [2.75, 3.05) is 13.7 Å². The Morgan fingerprint density at radius 2 is 1.92 bits per heavy atom. The van der Waals surface area contributed by atoms with Crippen molar-refractivity contribution in [1.29, 1.82) is 0 Å². The summed E-state index contributed by atoms with van der Waals surface area (Å²) in [5.41, 5.74) is 3.66. The number of nitrogens with zero attached hydrogens (tertiary/aromatic N) is 2. The topological polar surface area (TPSA) is 89.5 Å². The monoisotopic (exact) mass is 533 g/mol. The largest absolute Gasteiger partial charge is 0.493 e. The van der Waals surface area contributed by atoms with E-state index in [0.29, 0.717) is 29.4 Å². The molecule has 0 saturated heterocycles. The third-order valence-electron chi connectivity index (χ3n) is 6.52. The van der Waals surface area contributed by atoms with Crippen LogP contribution in [0.25, 0.3) is 0 Å². The van der Waals surface area contributed by atoms with Gasteiger partial charge in [0.15, 0.2) is 16.7 Å². The molecule has 9 heteroatoms. The molecule has 0 bridgehead atoms. The van der Waals surface area contributed by atoms with Crippen LogP contribution >= 0.6 is 11.8 Å². The Balaban J connectivity index is 1.48. The number of amidine groups is 1. The molecule has 0 spiro atoms. The molecule has 198 valence electrons. The van der Waals surface area contributed by atoms with Crippen molar-refractivity contribution in [2.24, 2.45) is 4.99 Å². The quantitative estimate of drug-likeness (QED) is 0.426. The van der Waals surface area contributed by atoms with Gasteiger partial charge in [0.25, 0.3) is 0 Å². The molecule has 1 fully saturated rings. The van der Waals surface area contributed by atoms with Crippen molar-refractivity contribution >= 4 is 28.8 Å². The third kappa shape index (κ3) is 5.57. The van der Waals surface area contributed by atoms with Gasteiger partial charge in [0.2, 0.25) is 5.91 Å². The first kappa shape index (κ1) is 25.9. The lowest BCUT2D eigenvalue weighted by Gasteiger charge is -2.36. The highest BCUT2D eigenvalue weighted by Crippen LogP contribution is 2.46. The number of amides is 1. The van der Waals surface area contributed by atoms with Gasteiger partial charge in [0.1, 0.15) is 6.61 Å². The van der Waals surface area contributed by atoms with Gasteiger partial charge in [-0.3, -0.25) is 4.79 Å². The number of methoxy groups -OCH3 is 1. The molecule has 8 nitrogen and oxygen atoms in total. The Hall–Kier alpha value is -3.72. The van der Waals surface area contributed by atoms with E-state index in [0.717, 1.165) is 34.8 Å². The highest BCUT2D eigenvalue weighted by atomic mass is 32.2. The summed E-state index contributed by atoms with van der Waals surface area (Å²) in [5, 5.41) is 5.71. The van der Waals surface area contributed by atoms with Gasteiger partial charge in [-0.25, -0.2) is 9.79 Å². The Kier molecular flexibility index (Phi) is 7.74. The van der Waals surface area contributed by atoms with E-state index < -0.39 is 12.0 Å². The number of thioether (sulfide) groups is 1. The van der Waals surface area contributed by atoms with E-state index in [2.05, 4.69) is 5.32 Å². The molecule has 1 saturated carbocycles. The second kappa shape index (κ2) is 11.3. The number of nitrogens with one attached hydrogen (secondary N) is 1. The van der Waals surface area contributed by atoms with Crippen LogP contribution in [0.1, 0.15) is 50.3 Å². The summed E-state index contributed by atoms with van der Waals surface area (Å²) in [6.07, 6.45) is 2.24. The van der Waals surface area contributed by atoms with Crippen LogP contribution in [0.3, 0.4) is 0 Å². The zero-order valence-corrected chi connectivity index (χ0v) is 22.5. The molecule has 0 unspecified atom stereocenters. The first-order valence-corrected chi connectivity index (χ1v) is 13.6. The number of carbonyl (C=O) groups excluding carboxylic acids is 2. The number of hydrogen-bond donors (Lipinski definition) is 1. The summed E-state index contributed by atoms with van der Waals surface area (Å²) in [5.74, 6) is 0.677. The summed E-state index contributed by atoms with van der Waals surface area (Å²) >= 11 is 1.45. The number of allylic oxidation sites excluding steroid dienone is 1. The Labute approximate surface area is 226 Å². The highest BCUT2D eigenvalue weighted by Gasteiger charge is 2.41. The smallest absolute Gasteiger partial charge is 0.338 e. The Morgan fingerprint density at radius 3 is 2.63 bits per heavy atom. The van der Waals surface area contributed by atoms with E-state index in [1.807, 2.05) is 65.8 Å². The van der Waals surface area contributed by atoms with Crippen LogP contribution in [0.4, 0.5) is 0 Å². The molecule has 2 aromatic carbocycles. The second-order valence-corrected chi connectivity index (χ2v) is 10.2. The van der Waals surface area contributed by atoms with E-state index in [1.54, 1.807) is 14.0 Å². The van der Waals surface area contributed by atoms with Crippen molar-refractivity contribution < 1.29 is 23.8 Å². The van der Waals surface area contributed by atoms with E-state index >= 15 is 0 Å². The number of hydrogen-bond acceptors (Lipinski definition) is 8. The fourth-order valence-corrected chi connectivity index (χ4v) is 5.50. The number of ether oxygens (including phenoxy) is 3. The van der Waals surface area contributed by atoms with Gasteiger partial charge in [-0.05, 0) is 55.4 Å². The molecule has 38 heavy (non-hydrogen) atoms.